The summed E-state index contributed by atoms with van der Waals surface area (Å²) in [6.07, 6.45) is 3.42. The van der Waals surface area contributed by atoms with E-state index in [-0.39, 0.29) is 5.91 Å². The van der Waals surface area contributed by atoms with Crippen LogP contribution in [0.25, 0.3) is 0 Å². The highest BCUT2D eigenvalue weighted by Crippen LogP contribution is 2.22. The van der Waals surface area contributed by atoms with Gasteiger partial charge in [0.1, 0.15) is 11.5 Å². The number of hydrogen-bond donors (Lipinski definition) is 1. The van der Waals surface area contributed by atoms with Crippen molar-refractivity contribution >= 4 is 11.6 Å². The lowest BCUT2D eigenvalue weighted by molar-refractivity contribution is 0.0635. The first-order valence-electron chi connectivity index (χ1n) is 8.62. The van der Waals surface area contributed by atoms with E-state index in [0.29, 0.717) is 12.6 Å². The molecule has 24 heavy (non-hydrogen) atoms. The number of nitrogens with zero attached hydrogens (tertiary/aromatic N) is 2. The molecule has 1 aromatic carbocycles. The highest BCUT2D eigenvalue weighted by molar-refractivity contribution is 5.95. The second kappa shape index (κ2) is 7.07. The smallest absolute Gasteiger partial charge is 0.254 e. The number of hydrogen-bond acceptors (Lipinski definition) is 4. The summed E-state index contributed by atoms with van der Waals surface area (Å²) in [7, 11) is 0. The zero-order chi connectivity index (χ0) is 17.1. The van der Waals surface area contributed by atoms with E-state index in [9.17, 15) is 4.79 Å². The van der Waals surface area contributed by atoms with Crippen LogP contribution in [0.3, 0.4) is 0 Å². The average molecular weight is 327 g/mol. The van der Waals surface area contributed by atoms with Crippen molar-refractivity contribution in [1.82, 2.24) is 10.1 Å². The molecular weight excluding hydrogens is 302 g/mol. The lowest BCUT2D eigenvalue weighted by atomic mass is 10.0. The highest BCUT2D eigenvalue weighted by atomic mass is 16.5. The molecule has 2 aromatic rings. The first kappa shape index (κ1) is 16.6. The molecule has 2 heterocycles. The minimum absolute atomic E-state index is 0.143. The summed E-state index contributed by atoms with van der Waals surface area (Å²) in [5.74, 6) is 0.948. The first-order valence-corrected chi connectivity index (χ1v) is 8.62. The van der Waals surface area contributed by atoms with Crippen molar-refractivity contribution in [1.29, 1.82) is 0 Å². The molecule has 0 bridgehead atoms. The molecule has 0 unspecified atom stereocenters. The van der Waals surface area contributed by atoms with E-state index in [0.717, 1.165) is 47.7 Å². The molecule has 1 fully saturated rings. The number of carbonyl (C=O) groups excluding carboxylic acids is 1. The third kappa shape index (κ3) is 3.61. The zero-order valence-corrected chi connectivity index (χ0v) is 14.6. The molecule has 1 atom stereocenters. The number of benzene rings is 1. The summed E-state index contributed by atoms with van der Waals surface area (Å²) in [4.78, 5) is 14.7. The van der Waals surface area contributed by atoms with Crippen molar-refractivity contribution in [2.45, 2.75) is 52.6 Å². The Kier molecular flexibility index (Phi) is 4.88. The molecule has 128 valence electrons. The molecule has 0 saturated carbocycles. The minimum Gasteiger partial charge on any atom is -0.379 e. The molecule has 1 saturated heterocycles. The lowest BCUT2D eigenvalue weighted by Gasteiger charge is -2.33. The van der Waals surface area contributed by atoms with Crippen LogP contribution >= 0.6 is 0 Å². The van der Waals surface area contributed by atoms with Crippen molar-refractivity contribution in [3.8, 4) is 0 Å². The Balaban J connectivity index is 1.68. The topological polar surface area (TPSA) is 58.4 Å². The predicted octanol–water partition coefficient (Wildman–Crippen LogP) is 3.92. The fourth-order valence-electron chi connectivity index (χ4n) is 3.25. The molecule has 1 amide bonds. The number of anilines is 1. The van der Waals surface area contributed by atoms with Crippen molar-refractivity contribution in [2.75, 3.05) is 11.9 Å². The van der Waals surface area contributed by atoms with E-state index in [2.05, 4.69) is 17.4 Å². The van der Waals surface area contributed by atoms with Gasteiger partial charge in [0.2, 0.25) is 0 Å². The summed E-state index contributed by atoms with van der Waals surface area (Å²) in [6, 6.07) is 8.11. The number of amides is 1. The van der Waals surface area contributed by atoms with Crippen LogP contribution in [0.4, 0.5) is 5.69 Å². The van der Waals surface area contributed by atoms with Crippen LogP contribution in [0.15, 0.2) is 28.8 Å². The fraction of sp³-hybridized carbons (Fsp3) is 0.474. The molecule has 5 heteroatoms. The maximum Gasteiger partial charge on any atom is 0.254 e. The number of piperidine rings is 1. The Labute approximate surface area is 143 Å². The quantitative estimate of drug-likeness (QED) is 0.925. The van der Waals surface area contributed by atoms with Crippen LogP contribution in [-0.2, 0) is 6.54 Å². The molecule has 1 N–H and O–H groups in total. The predicted molar refractivity (Wildman–Crippen MR) is 94.1 cm³/mol. The third-order valence-electron chi connectivity index (χ3n) is 4.67. The van der Waals surface area contributed by atoms with Gasteiger partial charge in [-0.05, 0) is 63.8 Å². The molecular formula is C19H25N3O2. The van der Waals surface area contributed by atoms with Gasteiger partial charge in [-0.3, -0.25) is 4.79 Å². The standard InChI is InChI=1S/C19H25N3O2/c1-13-10-16(19(23)22-9-5-4-6-14(22)2)7-8-18(13)20-12-17-11-15(3)24-21-17/h7-8,10-11,14,20H,4-6,9,12H2,1-3H3/t14-/m1/s1. The Bertz CT molecular complexity index is 723. The summed E-state index contributed by atoms with van der Waals surface area (Å²) >= 11 is 0. The van der Waals surface area contributed by atoms with E-state index in [1.54, 1.807) is 0 Å². The van der Waals surface area contributed by atoms with Crippen molar-refractivity contribution in [3.05, 3.63) is 46.8 Å². The molecule has 0 spiro atoms. The number of carbonyl (C=O) groups is 1. The van der Waals surface area contributed by atoms with Gasteiger partial charge in [-0.1, -0.05) is 5.16 Å². The maximum atomic E-state index is 12.7. The molecule has 0 radical (unpaired) electrons. The van der Waals surface area contributed by atoms with Crippen LogP contribution in [0.1, 0.15) is 53.6 Å². The number of aryl methyl sites for hydroxylation is 2. The summed E-state index contributed by atoms with van der Waals surface area (Å²) < 4.78 is 5.07. The molecule has 1 aliphatic rings. The Hall–Kier alpha value is -2.30. The van der Waals surface area contributed by atoms with Crippen LogP contribution in [-0.4, -0.2) is 28.6 Å². The van der Waals surface area contributed by atoms with Gasteiger partial charge in [-0.2, -0.15) is 0 Å². The summed E-state index contributed by atoms with van der Waals surface area (Å²) in [5.41, 5.74) is 3.71. The van der Waals surface area contributed by atoms with Crippen molar-refractivity contribution < 1.29 is 9.32 Å². The van der Waals surface area contributed by atoms with E-state index in [4.69, 9.17) is 4.52 Å². The van der Waals surface area contributed by atoms with Gasteiger partial charge in [0.15, 0.2) is 0 Å². The van der Waals surface area contributed by atoms with Crippen LogP contribution in [0.5, 0.6) is 0 Å². The van der Waals surface area contributed by atoms with E-state index < -0.39 is 0 Å². The minimum atomic E-state index is 0.143. The zero-order valence-electron chi connectivity index (χ0n) is 14.6. The SMILES string of the molecule is Cc1cc(CNc2ccc(C(=O)N3CCCC[C@H]3C)cc2C)no1. The van der Waals surface area contributed by atoms with Gasteiger partial charge in [-0.15, -0.1) is 0 Å². The maximum absolute atomic E-state index is 12.7. The van der Waals surface area contributed by atoms with Crippen LogP contribution in [0, 0.1) is 13.8 Å². The summed E-state index contributed by atoms with van der Waals surface area (Å²) in [6.45, 7) is 7.51. The van der Waals surface area contributed by atoms with E-state index in [1.165, 1.54) is 6.42 Å². The fourth-order valence-corrected chi connectivity index (χ4v) is 3.25. The number of likely N-dealkylation sites (tertiary alicyclic amines) is 1. The largest absolute Gasteiger partial charge is 0.379 e. The summed E-state index contributed by atoms with van der Waals surface area (Å²) in [5, 5.41) is 7.33. The number of aromatic nitrogens is 1. The Morgan fingerprint density at radius 3 is 2.83 bits per heavy atom. The van der Waals surface area contributed by atoms with Gasteiger partial charge >= 0.3 is 0 Å². The first-order chi connectivity index (χ1) is 11.5. The lowest BCUT2D eigenvalue weighted by Crippen LogP contribution is -2.42. The molecule has 0 aliphatic carbocycles. The molecule has 1 aliphatic heterocycles. The van der Waals surface area contributed by atoms with Crippen LogP contribution < -0.4 is 5.32 Å². The highest BCUT2D eigenvalue weighted by Gasteiger charge is 2.24. The average Bonchev–Trinajstić information content (AvgIpc) is 2.99. The molecule has 3 rings (SSSR count). The van der Waals surface area contributed by atoms with Gasteiger partial charge in [-0.25, -0.2) is 0 Å². The van der Waals surface area contributed by atoms with Crippen molar-refractivity contribution in [2.24, 2.45) is 0 Å². The van der Waals surface area contributed by atoms with E-state index in [1.807, 2.05) is 43.0 Å². The normalized spacial score (nSPS) is 17.8. The van der Waals surface area contributed by atoms with Gasteiger partial charge in [0, 0.05) is 29.9 Å². The number of rotatable bonds is 4. The van der Waals surface area contributed by atoms with E-state index >= 15 is 0 Å². The van der Waals surface area contributed by atoms with Gasteiger partial charge < -0.3 is 14.7 Å². The Morgan fingerprint density at radius 1 is 1.33 bits per heavy atom. The monoisotopic (exact) mass is 327 g/mol. The second-order valence-electron chi connectivity index (χ2n) is 6.66. The molecule has 1 aromatic heterocycles. The Morgan fingerprint density at radius 2 is 2.17 bits per heavy atom. The second-order valence-corrected chi connectivity index (χ2v) is 6.66. The van der Waals surface area contributed by atoms with Gasteiger partial charge in [0.05, 0.1) is 6.54 Å². The van der Waals surface area contributed by atoms with Gasteiger partial charge in [0.25, 0.3) is 5.91 Å². The molecule has 5 nitrogen and oxygen atoms in total. The van der Waals surface area contributed by atoms with Crippen LogP contribution in [0.2, 0.25) is 0 Å². The van der Waals surface area contributed by atoms with Crippen molar-refractivity contribution in [3.63, 3.8) is 0 Å². The third-order valence-corrected chi connectivity index (χ3v) is 4.67. The number of nitrogens with one attached hydrogen (secondary N) is 1.